The highest BCUT2D eigenvalue weighted by Gasteiger charge is 2.36. The van der Waals surface area contributed by atoms with Gasteiger partial charge in [0.25, 0.3) is 0 Å². The van der Waals surface area contributed by atoms with Crippen molar-refractivity contribution in [2.24, 2.45) is 22.5 Å². The molecule has 1 aliphatic rings. The number of nitrogens with two attached hydrogens (primary N) is 1. The van der Waals surface area contributed by atoms with Crippen molar-refractivity contribution >= 4 is 24.0 Å². The van der Waals surface area contributed by atoms with Crippen molar-refractivity contribution in [3.05, 3.63) is 11.6 Å². The first-order valence-corrected chi connectivity index (χ1v) is 6.43. The molecule has 0 aliphatic heterocycles. The van der Waals surface area contributed by atoms with Crippen LogP contribution in [0.3, 0.4) is 0 Å². The zero-order valence-corrected chi connectivity index (χ0v) is 14.9. The lowest BCUT2D eigenvalue weighted by Gasteiger charge is -2.43. The van der Waals surface area contributed by atoms with Crippen molar-refractivity contribution in [2.45, 2.75) is 66.8 Å². The average molecular weight is 351 g/mol. The summed E-state index contributed by atoms with van der Waals surface area (Å²) in [5.74, 6) is 0.464. The maximum Gasteiger partial charge on any atom is 0.0160 e. The number of allylic oxidation sites excluding steroid dienone is 1. The summed E-state index contributed by atoms with van der Waals surface area (Å²) in [6, 6.07) is 0. The van der Waals surface area contributed by atoms with Crippen LogP contribution in [-0.2, 0) is 0 Å². The van der Waals surface area contributed by atoms with E-state index in [0.717, 1.165) is 0 Å². The molecule has 1 unspecified atom stereocenters. The van der Waals surface area contributed by atoms with Gasteiger partial charge in [0.15, 0.2) is 0 Å². The monoisotopic (exact) mass is 351 g/mol. The minimum absolute atomic E-state index is 0. The van der Waals surface area contributed by atoms with Crippen molar-refractivity contribution in [1.29, 1.82) is 0 Å². The quantitative estimate of drug-likeness (QED) is 0.564. The number of hydrogen-bond acceptors (Lipinski definition) is 1. The van der Waals surface area contributed by atoms with Gasteiger partial charge in [-0.3, -0.25) is 0 Å². The average Bonchev–Trinajstić information content (AvgIpc) is 1.94. The van der Waals surface area contributed by atoms with Crippen molar-refractivity contribution in [3.8, 4) is 0 Å². The molecule has 1 atom stereocenters. The van der Waals surface area contributed by atoms with Crippen LogP contribution in [-0.4, -0.2) is 5.54 Å². The summed E-state index contributed by atoms with van der Waals surface area (Å²) in [5, 5.41) is 0. The normalized spacial score (nSPS) is 24.6. The van der Waals surface area contributed by atoms with Crippen LogP contribution in [0, 0.1) is 16.7 Å². The molecule has 0 spiro atoms. The molecule has 102 valence electrons. The molecule has 0 radical (unpaired) electrons. The fraction of sp³-hybridized carbons (Fsp3) is 0.867. The Kier molecular flexibility index (Phi) is 5.33. The maximum absolute atomic E-state index is 6.25. The summed E-state index contributed by atoms with van der Waals surface area (Å²) in [5.41, 5.74) is 8.41. The highest BCUT2D eigenvalue weighted by Crippen LogP contribution is 2.47. The molecular weight excluding hydrogens is 321 g/mol. The molecule has 0 aromatic heterocycles. The molecule has 0 saturated carbocycles. The third kappa shape index (κ3) is 4.90. The fourth-order valence-corrected chi connectivity index (χ4v) is 3.21. The van der Waals surface area contributed by atoms with Gasteiger partial charge in [0.2, 0.25) is 0 Å². The molecule has 0 heterocycles. The Morgan fingerprint density at radius 3 is 2.06 bits per heavy atom. The summed E-state index contributed by atoms with van der Waals surface area (Å²) in [4.78, 5) is 0. The standard InChI is InChI=1S/C15H29N.HI/c1-11(15(6,7)16)12-8-13(2,3)10-14(4,5)9-12;/h8,11H,9-10,16H2,1-7H3;1H. The molecule has 0 amide bonds. The lowest BCUT2D eigenvalue weighted by Crippen LogP contribution is -2.42. The molecule has 0 bridgehead atoms. The van der Waals surface area contributed by atoms with Gasteiger partial charge in [0.05, 0.1) is 0 Å². The number of rotatable bonds is 2. The molecule has 0 aromatic rings. The van der Waals surface area contributed by atoms with Crippen LogP contribution in [0.1, 0.15) is 61.3 Å². The molecule has 0 aromatic carbocycles. The third-order valence-electron chi connectivity index (χ3n) is 3.87. The molecule has 1 rings (SSSR count). The zero-order valence-electron chi connectivity index (χ0n) is 12.6. The first kappa shape index (κ1) is 17.4. The van der Waals surface area contributed by atoms with Crippen molar-refractivity contribution in [3.63, 3.8) is 0 Å². The largest absolute Gasteiger partial charge is 0.325 e. The first-order chi connectivity index (χ1) is 6.93. The van der Waals surface area contributed by atoms with Crippen molar-refractivity contribution in [1.82, 2.24) is 0 Å². The fourth-order valence-electron chi connectivity index (χ4n) is 3.21. The summed E-state index contributed by atoms with van der Waals surface area (Å²) in [7, 11) is 0. The van der Waals surface area contributed by atoms with Gasteiger partial charge in [-0.2, -0.15) is 0 Å². The molecular formula is C15H30IN. The minimum Gasteiger partial charge on any atom is -0.325 e. The minimum atomic E-state index is -0.116. The lowest BCUT2D eigenvalue weighted by atomic mass is 9.63. The van der Waals surface area contributed by atoms with E-state index in [1.807, 2.05) is 0 Å². The van der Waals surface area contributed by atoms with Crippen LogP contribution in [0.5, 0.6) is 0 Å². The second-order valence-electron chi connectivity index (χ2n) is 7.77. The predicted octanol–water partition coefficient (Wildman–Crippen LogP) is 4.75. The molecule has 0 saturated heterocycles. The summed E-state index contributed by atoms with van der Waals surface area (Å²) in [6.07, 6.45) is 4.93. The van der Waals surface area contributed by atoms with E-state index in [1.54, 1.807) is 5.57 Å². The Morgan fingerprint density at radius 2 is 1.71 bits per heavy atom. The molecule has 2 N–H and O–H groups in total. The summed E-state index contributed by atoms with van der Waals surface area (Å²) < 4.78 is 0. The maximum atomic E-state index is 6.25. The topological polar surface area (TPSA) is 26.0 Å². The van der Waals surface area contributed by atoms with Gasteiger partial charge < -0.3 is 5.73 Å². The first-order valence-electron chi connectivity index (χ1n) is 6.43. The number of hydrogen-bond donors (Lipinski definition) is 1. The van der Waals surface area contributed by atoms with E-state index in [1.165, 1.54) is 12.8 Å². The molecule has 0 fully saturated rings. The van der Waals surface area contributed by atoms with Crippen LogP contribution in [0.2, 0.25) is 0 Å². The van der Waals surface area contributed by atoms with Crippen LogP contribution in [0.15, 0.2) is 11.6 Å². The highest BCUT2D eigenvalue weighted by molar-refractivity contribution is 14.0. The Balaban J connectivity index is 0.00000256. The van der Waals surface area contributed by atoms with Crippen LogP contribution in [0.4, 0.5) is 0 Å². The highest BCUT2D eigenvalue weighted by atomic mass is 127. The van der Waals surface area contributed by atoms with E-state index >= 15 is 0 Å². The summed E-state index contributed by atoms with van der Waals surface area (Å²) in [6.45, 7) is 16.0. The lowest BCUT2D eigenvalue weighted by molar-refractivity contribution is 0.198. The van der Waals surface area contributed by atoms with Crippen molar-refractivity contribution in [2.75, 3.05) is 0 Å². The van der Waals surface area contributed by atoms with Gasteiger partial charge in [-0.25, -0.2) is 0 Å². The predicted molar refractivity (Wildman–Crippen MR) is 87.7 cm³/mol. The molecule has 2 heteroatoms. The van der Waals surface area contributed by atoms with Gasteiger partial charge in [0.1, 0.15) is 0 Å². The summed E-state index contributed by atoms with van der Waals surface area (Å²) >= 11 is 0. The second-order valence-corrected chi connectivity index (χ2v) is 7.77. The van der Waals surface area contributed by atoms with Crippen molar-refractivity contribution < 1.29 is 0 Å². The van der Waals surface area contributed by atoms with Gasteiger partial charge >= 0.3 is 0 Å². The van der Waals surface area contributed by atoms with Gasteiger partial charge in [-0.05, 0) is 43.4 Å². The molecule has 1 nitrogen and oxygen atoms in total. The van der Waals surface area contributed by atoms with Gasteiger partial charge in [-0.15, -0.1) is 24.0 Å². The molecule has 17 heavy (non-hydrogen) atoms. The van der Waals surface area contributed by atoms with Crippen LogP contribution in [0.25, 0.3) is 0 Å². The van der Waals surface area contributed by atoms with Gasteiger partial charge in [0, 0.05) is 5.54 Å². The SMILES string of the molecule is CC(C1=CC(C)(C)CC(C)(C)C1)C(C)(C)N.I. The number of halogens is 1. The van der Waals surface area contributed by atoms with E-state index < -0.39 is 0 Å². The van der Waals surface area contributed by atoms with E-state index in [0.29, 0.717) is 16.7 Å². The Labute approximate surface area is 125 Å². The zero-order chi connectivity index (χ0) is 12.8. The Hall–Kier alpha value is 0.430. The van der Waals surface area contributed by atoms with E-state index in [2.05, 4.69) is 54.5 Å². The van der Waals surface area contributed by atoms with E-state index in [9.17, 15) is 0 Å². The van der Waals surface area contributed by atoms with E-state index in [4.69, 9.17) is 5.73 Å². The van der Waals surface area contributed by atoms with Crippen LogP contribution >= 0.6 is 24.0 Å². The Morgan fingerprint density at radius 1 is 1.24 bits per heavy atom. The molecule has 1 aliphatic carbocycles. The second kappa shape index (κ2) is 5.20. The van der Waals surface area contributed by atoms with Gasteiger partial charge in [-0.1, -0.05) is 46.3 Å². The third-order valence-corrected chi connectivity index (χ3v) is 3.87. The van der Waals surface area contributed by atoms with Crippen LogP contribution < -0.4 is 5.73 Å². The Bertz CT molecular complexity index is 295. The van der Waals surface area contributed by atoms with E-state index in [-0.39, 0.29) is 29.5 Å². The smallest absolute Gasteiger partial charge is 0.0160 e.